The molecule has 5 amide bonds. The number of methoxy groups -OCH3 is 1. The van der Waals surface area contributed by atoms with Crippen LogP contribution in [0.25, 0.3) is 0 Å². The lowest BCUT2D eigenvalue weighted by molar-refractivity contribution is -0.193. The van der Waals surface area contributed by atoms with E-state index in [0.717, 1.165) is 37.3 Å². The van der Waals surface area contributed by atoms with E-state index in [1.807, 2.05) is 0 Å². The molecule has 0 saturated carbocycles. The summed E-state index contributed by atoms with van der Waals surface area (Å²) in [6, 6.07) is 18.8. The second-order valence-corrected chi connectivity index (χ2v) is 15.6. The van der Waals surface area contributed by atoms with Gasteiger partial charge in [-0.1, -0.05) is 48.5 Å². The summed E-state index contributed by atoms with van der Waals surface area (Å²) in [7, 11) is 1.19. The van der Waals surface area contributed by atoms with Crippen LogP contribution in [0.5, 0.6) is 0 Å². The van der Waals surface area contributed by atoms with E-state index >= 15 is 0 Å². The molecule has 30 heteroatoms. The molecule has 0 unspecified atom stereocenters. The fourth-order valence-corrected chi connectivity index (χ4v) is 6.13. The van der Waals surface area contributed by atoms with Crippen molar-refractivity contribution in [2.45, 2.75) is 62.8 Å². The number of nitrogens with two attached hydrogens (primary N) is 1. The number of nitrogen functional groups attached to an aromatic ring is 1. The van der Waals surface area contributed by atoms with E-state index in [1.54, 1.807) is 72.8 Å². The van der Waals surface area contributed by atoms with Gasteiger partial charge in [-0.25, -0.2) is 19.2 Å². The molecule has 74 heavy (non-hydrogen) atoms. The zero-order chi connectivity index (χ0) is 56.0. The summed E-state index contributed by atoms with van der Waals surface area (Å²) in [5, 5.41) is 43.1. The van der Waals surface area contributed by atoms with Crippen LogP contribution < -0.4 is 32.3 Å². The summed E-state index contributed by atoms with van der Waals surface area (Å²) < 4.78 is 100. The highest BCUT2D eigenvalue weighted by Crippen LogP contribution is 2.17. The lowest BCUT2D eigenvalue weighted by Crippen LogP contribution is -2.55. The maximum atomic E-state index is 13.8. The quantitative estimate of drug-likeness (QED) is 0.0994. The number of halogens is 9. The van der Waals surface area contributed by atoms with Gasteiger partial charge in [-0.15, -0.1) is 0 Å². The van der Waals surface area contributed by atoms with Crippen molar-refractivity contribution >= 4 is 64.8 Å². The number of nitrogens with one attached hydrogen (secondary N) is 6. The van der Waals surface area contributed by atoms with Crippen LogP contribution in [0.15, 0.2) is 72.8 Å². The molecule has 5 aliphatic rings. The number of hydrogen-bond donors (Lipinski definition) is 10. The summed E-state index contributed by atoms with van der Waals surface area (Å²) in [6.45, 7) is 4.65. The largest absolute Gasteiger partial charge is 0.490 e. The number of carboxylic acids is 3. The van der Waals surface area contributed by atoms with Gasteiger partial charge in [0.15, 0.2) is 0 Å². The third kappa shape index (κ3) is 23.9. The first-order valence-corrected chi connectivity index (χ1v) is 21.4. The van der Waals surface area contributed by atoms with E-state index in [1.165, 1.54) is 7.11 Å². The molecule has 0 radical (unpaired) electrons. The predicted octanol–water partition coefficient (Wildman–Crippen LogP) is 3.47. The van der Waals surface area contributed by atoms with Gasteiger partial charge in [-0.2, -0.15) is 39.5 Å². The molecule has 0 spiro atoms. The molecular weight excluding hydrogens is 1020 g/mol. The number of carbonyl (C=O) groups excluding carboxylic acids is 5. The van der Waals surface area contributed by atoms with Gasteiger partial charge in [0.1, 0.15) is 17.9 Å². The summed E-state index contributed by atoms with van der Waals surface area (Å²) in [6.07, 6.45) is -15.2. The third-order valence-corrected chi connectivity index (χ3v) is 10.0. The maximum absolute atomic E-state index is 13.8. The first-order chi connectivity index (χ1) is 34.4. The Kier molecular flexibility index (Phi) is 24.2. The minimum atomic E-state index is -5.08. The van der Waals surface area contributed by atoms with Gasteiger partial charge in [0.05, 0.1) is 7.11 Å². The van der Waals surface area contributed by atoms with Crippen LogP contribution in [0.4, 0.5) is 55.7 Å². The Morgan fingerprint density at radius 1 is 0.649 bits per heavy atom. The zero-order valence-corrected chi connectivity index (χ0v) is 38.8. The van der Waals surface area contributed by atoms with E-state index in [2.05, 4.69) is 36.4 Å². The van der Waals surface area contributed by atoms with Crippen molar-refractivity contribution in [3.8, 4) is 0 Å². The molecule has 3 aromatic rings. The first kappa shape index (κ1) is 62.1. The number of rotatable bonds is 5. The highest BCUT2D eigenvalue weighted by Gasteiger charge is 2.39. The minimum Gasteiger partial charge on any atom is -0.475 e. The van der Waals surface area contributed by atoms with Crippen LogP contribution >= 0.6 is 0 Å². The van der Waals surface area contributed by atoms with Gasteiger partial charge in [0.2, 0.25) is 23.6 Å². The zero-order valence-electron chi connectivity index (χ0n) is 38.8. The summed E-state index contributed by atoms with van der Waals surface area (Å²) in [4.78, 5) is 96.5. The van der Waals surface area contributed by atoms with Crippen LogP contribution in [0.2, 0.25) is 0 Å². The Morgan fingerprint density at radius 3 is 1.38 bits per heavy atom. The average Bonchev–Trinajstić information content (AvgIpc) is 3.32. The molecular formula is C44H50F9N9O12. The standard InChI is InChI=1S/C38H47N9O6.3C2HF3O2/c1-53-38(52)45-32-23-26-6-12-30(13-7-26)43-34(49)15-17-47-20-18-46(19-21-47)16-14-33(48)42-29-10-4-25(5-11-29)22-31(44-37(32)51)36(50)41-24-27-2-8-28(9-3-27)35(39)40;3*3-2(4,5)1(6)7/h2-13,31-32H,14-24H2,1H3,(H3,39,40)(H,41,50)(H,42,48)(H,43,49)(H,44,51)(H,45,52);3*(H,6,7)/t31-,32+;;;/m0.../s1. The molecule has 5 heterocycles. The summed E-state index contributed by atoms with van der Waals surface area (Å²) >= 11 is 0. The molecule has 0 aliphatic carbocycles. The van der Waals surface area contributed by atoms with E-state index in [4.69, 9.17) is 45.6 Å². The van der Waals surface area contributed by atoms with Gasteiger partial charge < -0.3 is 62.2 Å². The number of aliphatic carboxylic acids is 3. The minimum absolute atomic E-state index is 0.0687. The number of carbonyl (C=O) groups is 8. The van der Waals surface area contributed by atoms with Crippen LogP contribution in [0, 0.1) is 5.41 Å². The predicted molar refractivity (Wildman–Crippen MR) is 241 cm³/mol. The van der Waals surface area contributed by atoms with Crippen LogP contribution in [-0.2, 0) is 57.7 Å². The number of alkyl carbamates (subject to hydrolysis) is 1. The highest BCUT2D eigenvalue weighted by molar-refractivity contribution is 5.95. The van der Waals surface area contributed by atoms with Gasteiger partial charge in [0.25, 0.3) is 0 Å². The molecule has 0 aromatic heterocycles. The van der Waals surface area contributed by atoms with Crippen LogP contribution in [0.3, 0.4) is 0 Å². The molecule has 2 atom stereocenters. The topological polar surface area (TPSA) is 323 Å². The molecule has 406 valence electrons. The molecule has 5 aliphatic heterocycles. The van der Waals surface area contributed by atoms with E-state index < -0.39 is 66.4 Å². The summed E-state index contributed by atoms with van der Waals surface area (Å²) in [5.74, 6) is -9.64. The number of amidine groups is 1. The monoisotopic (exact) mass is 1070 g/mol. The van der Waals surface area contributed by atoms with Gasteiger partial charge in [0, 0.05) is 88.4 Å². The first-order valence-electron chi connectivity index (χ1n) is 21.4. The Balaban J connectivity index is 0.000000746. The third-order valence-electron chi connectivity index (χ3n) is 10.0. The molecule has 21 nitrogen and oxygen atoms in total. The molecule has 1 saturated heterocycles. The number of alkyl halides is 9. The Bertz CT molecular complexity index is 2340. The van der Waals surface area contributed by atoms with Crippen molar-refractivity contribution in [3.05, 3.63) is 95.1 Å². The normalized spacial score (nSPS) is 18.6. The Labute approximate surface area is 414 Å². The van der Waals surface area contributed by atoms with Crippen molar-refractivity contribution in [1.29, 1.82) is 5.41 Å². The lowest BCUT2D eigenvalue weighted by atomic mass is 10.0. The summed E-state index contributed by atoms with van der Waals surface area (Å²) in [5.41, 5.74) is 9.51. The second-order valence-electron chi connectivity index (χ2n) is 15.6. The van der Waals surface area contributed by atoms with Crippen LogP contribution in [0.1, 0.15) is 35.1 Å². The fourth-order valence-electron chi connectivity index (χ4n) is 6.13. The molecule has 6 bridgehead atoms. The fraction of sp³-hybridized carbons (Fsp3) is 0.386. The van der Waals surface area contributed by atoms with Crippen molar-refractivity contribution < 1.29 is 97.9 Å². The molecule has 1 fully saturated rings. The highest BCUT2D eigenvalue weighted by atomic mass is 19.4. The lowest BCUT2D eigenvalue weighted by Gasteiger charge is -2.34. The van der Waals surface area contributed by atoms with E-state index in [0.29, 0.717) is 48.4 Å². The number of anilines is 2. The smallest absolute Gasteiger partial charge is 0.475 e. The maximum Gasteiger partial charge on any atom is 0.490 e. The number of benzene rings is 3. The van der Waals surface area contributed by atoms with Gasteiger partial charge in [-0.3, -0.25) is 24.6 Å². The number of ether oxygens (including phenoxy) is 1. The van der Waals surface area contributed by atoms with Crippen molar-refractivity contribution in [2.24, 2.45) is 5.73 Å². The SMILES string of the molecule is COC(=O)N[C@@H]1Cc2ccc(cc2)NC(=O)CCN2CCN(CCC(=O)Nc3ccc(cc3)C[C@@H](C(=O)NCc3ccc(C(=N)N)cc3)NC1=O)CC2.O=C(O)C(F)(F)F.O=C(O)C(F)(F)F.O=C(O)C(F)(F)F. The molecule has 11 N–H and O–H groups in total. The van der Waals surface area contributed by atoms with Gasteiger partial charge >= 0.3 is 42.5 Å². The number of amides is 5. The van der Waals surface area contributed by atoms with Crippen molar-refractivity contribution in [2.75, 3.05) is 57.0 Å². The Morgan fingerprint density at radius 2 is 1.03 bits per heavy atom. The van der Waals surface area contributed by atoms with E-state index in [9.17, 15) is 63.5 Å². The van der Waals surface area contributed by atoms with E-state index in [-0.39, 0.29) is 37.0 Å². The van der Waals surface area contributed by atoms with Gasteiger partial charge in [-0.05, 0) is 41.0 Å². The molecule has 8 rings (SSSR count). The number of nitrogens with zero attached hydrogens (tertiary/aromatic N) is 2. The van der Waals surface area contributed by atoms with Crippen LogP contribution in [-0.4, -0.2) is 156 Å². The molecule has 3 aromatic carbocycles. The Hall–Kier alpha value is -8.02. The second kappa shape index (κ2) is 28.9. The van der Waals surface area contributed by atoms with Crippen molar-refractivity contribution in [1.82, 2.24) is 25.8 Å². The number of hydrogen-bond acceptors (Lipinski definition) is 12. The number of carboxylic acid groups (broad SMARTS) is 3. The van der Waals surface area contributed by atoms with Crippen molar-refractivity contribution in [3.63, 3.8) is 0 Å². The number of fused-ring (bicyclic) bond motifs is 3. The number of piperazine rings is 1. The average molecular weight is 1070 g/mol.